The zero-order valence-corrected chi connectivity index (χ0v) is 9.92. The van der Waals surface area contributed by atoms with E-state index >= 15 is 0 Å². The predicted molar refractivity (Wildman–Crippen MR) is 65.5 cm³/mol. The van der Waals surface area contributed by atoms with Crippen molar-refractivity contribution in [1.82, 2.24) is 14.9 Å². The number of pyridine rings is 1. The average molecular weight is 240 g/mol. The van der Waals surface area contributed by atoms with Crippen LogP contribution in [-0.2, 0) is 6.54 Å². The molecule has 0 saturated heterocycles. The zero-order chi connectivity index (χ0) is 13.0. The van der Waals surface area contributed by atoms with Crippen molar-refractivity contribution in [3.63, 3.8) is 0 Å². The minimum atomic E-state index is -0.201. The van der Waals surface area contributed by atoms with Gasteiger partial charge in [0.15, 0.2) is 0 Å². The quantitative estimate of drug-likeness (QED) is 0.884. The number of aromatic amines is 1. The summed E-state index contributed by atoms with van der Waals surface area (Å²) >= 11 is 0. The lowest BCUT2D eigenvalue weighted by Crippen LogP contribution is -2.26. The molecule has 0 aliphatic carbocycles. The number of hydrogen-bond donors (Lipinski definition) is 1. The molecule has 1 N–H and O–H groups in total. The van der Waals surface area contributed by atoms with Gasteiger partial charge in [-0.05, 0) is 23.8 Å². The number of nitriles is 1. The molecular formula is C13H12N4O. The molecule has 0 fully saturated rings. The van der Waals surface area contributed by atoms with Crippen LogP contribution >= 0.6 is 0 Å². The largest absolute Gasteiger partial charge is 0.367 e. The highest BCUT2D eigenvalue weighted by molar-refractivity contribution is 5.92. The second-order valence-corrected chi connectivity index (χ2v) is 3.90. The van der Waals surface area contributed by atoms with E-state index in [9.17, 15) is 4.79 Å². The van der Waals surface area contributed by atoms with Crippen LogP contribution in [0.15, 0.2) is 36.7 Å². The van der Waals surface area contributed by atoms with Crippen molar-refractivity contribution in [2.24, 2.45) is 0 Å². The van der Waals surface area contributed by atoms with Crippen LogP contribution in [0.5, 0.6) is 0 Å². The van der Waals surface area contributed by atoms with Gasteiger partial charge in [0.05, 0.1) is 0 Å². The second-order valence-electron chi connectivity index (χ2n) is 3.90. The van der Waals surface area contributed by atoms with Crippen molar-refractivity contribution in [2.45, 2.75) is 6.54 Å². The number of carbonyl (C=O) groups is 1. The molecule has 0 saturated carbocycles. The van der Waals surface area contributed by atoms with E-state index in [0.29, 0.717) is 6.54 Å². The van der Waals surface area contributed by atoms with Crippen LogP contribution < -0.4 is 0 Å². The highest BCUT2D eigenvalue weighted by Gasteiger charge is 2.13. The lowest BCUT2D eigenvalue weighted by molar-refractivity contribution is 0.0779. The Morgan fingerprint density at radius 1 is 1.50 bits per heavy atom. The molecule has 0 atom stereocenters. The van der Waals surface area contributed by atoms with Crippen LogP contribution in [0.1, 0.15) is 21.7 Å². The van der Waals surface area contributed by atoms with Crippen molar-refractivity contribution in [3.8, 4) is 6.07 Å². The van der Waals surface area contributed by atoms with Crippen molar-refractivity contribution < 1.29 is 4.79 Å². The highest BCUT2D eigenvalue weighted by Crippen LogP contribution is 2.06. The molecule has 2 aromatic heterocycles. The molecule has 2 rings (SSSR count). The molecule has 0 aliphatic rings. The molecule has 0 unspecified atom stereocenters. The summed E-state index contributed by atoms with van der Waals surface area (Å²) in [6, 6.07) is 8.66. The van der Waals surface area contributed by atoms with Gasteiger partial charge in [-0.2, -0.15) is 5.26 Å². The van der Waals surface area contributed by atoms with Gasteiger partial charge in [0, 0.05) is 26.0 Å². The minimum Gasteiger partial charge on any atom is -0.367 e. The van der Waals surface area contributed by atoms with Crippen LogP contribution in [0.2, 0.25) is 0 Å². The Morgan fingerprint density at radius 2 is 2.33 bits per heavy atom. The van der Waals surface area contributed by atoms with Gasteiger partial charge in [0.25, 0.3) is 5.91 Å². The number of aromatic nitrogens is 2. The van der Waals surface area contributed by atoms with Gasteiger partial charge in [0.2, 0.25) is 0 Å². The van der Waals surface area contributed by atoms with Crippen molar-refractivity contribution >= 4 is 5.91 Å². The number of carbonyl (C=O) groups excluding carboxylic acids is 1. The molecule has 0 bridgehead atoms. The SMILES string of the molecule is CN(Cc1cc[nH]c1)C(=O)c1cccc(C#N)n1. The standard InChI is InChI=1S/C13H12N4O/c1-17(9-10-5-6-15-8-10)13(18)12-4-2-3-11(7-14)16-12/h2-6,8,15H,9H2,1H3. The number of H-pyrrole nitrogens is 1. The van der Waals surface area contributed by atoms with Gasteiger partial charge in [-0.25, -0.2) is 4.98 Å². The van der Waals surface area contributed by atoms with Gasteiger partial charge in [0.1, 0.15) is 17.5 Å². The molecule has 1 amide bonds. The molecule has 5 heteroatoms. The van der Waals surface area contributed by atoms with Gasteiger partial charge in [-0.3, -0.25) is 4.79 Å². The fourth-order valence-electron chi connectivity index (χ4n) is 1.61. The summed E-state index contributed by atoms with van der Waals surface area (Å²) in [6.45, 7) is 0.501. The molecule has 2 aromatic rings. The lowest BCUT2D eigenvalue weighted by Gasteiger charge is -2.15. The molecule has 90 valence electrons. The Kier molecular flexibility index (Phi) is 3.39. The summed E-state index contributed by atoms with van der Waals surface area (Å²) in [6.07, 6.45) is 3.64. The fraction of sp³-hybridized carbons (Fsp3) is 0.154. The number of amides is 1. The van der Waals surface area contributed by atoms with Crippen LogP contribution in [0.3, 0.4) is 0 Å². The Labute approximate surface area is 105 Å². The smallest absolute Gasteiger partial charge is 0.272 e. The van der Waals surface area contributed by atoms with Gasteiger partial charge in [-0.1, -0.05) is 6.07 Å². The van der Waals surface area contributed by atoms with Gasteiger partial charge in [-0.15, -0.1) is 0 Å². The van der Waals surface area contributed by atoms with Gasteiger partial charge < -0.3 is 9.88 Å². The summed E-state index contributed by atoms with van der Waals surface area (Å²) in [5.41, 5.74) is 1.55. The van der Waals surface area contributed by atoms with E-state index in [2.05, 4.69) is 9.97 Å². The Hall–Kier alpha value is -2.61. The third-order valence-electron chi connectivity index (χ3n) is 2.51. The normalized spacial score (nSPS) is 9.78. The maximum absolute atomic E-state index is 12.1. The maximum atomic E-state index is 12.1. The molecule has 18 heavy (non-hydrogen) atoms. The maximum Gasteiger partial charge on any atom is 0.272 e. The number of rotatable bonds is 3. The molecule has 0 radical (unpaired) electrons. The first-order valence-corrected chi connectivity index (χ1v) is 5.45. The minimum absolute atomic E-state index is 0.201. The first-order chi connectivity index (χ1) is 8.70. The van der Waals surface area contributed by atoms with E-state index in [1.54, 1.807) is 30.1 Å². The van der Waals surface area contributed by atoms with Crippen LogP contribution in [0.4, 0.5) is 0 Å². The topological polar surface area (TPSA) is 72.8 Å². The highest BCUT2D eigenvalue weighted by atomic mass is 16.2. The first-order valence-electron chi connectivity index (χ1n) is 5.45. The van der Waals surface area contributed by atoms with Gasteiger partial charge >= 0.3 is 0 Å². The van der Waals surface area contributed by atoms with E-state index in [1.807, 2.05) is 24.5 Å². The molecule has 2 heterocycles. The molecule has 0 spiro atoms. The predicted octanol–water partition coefficient (Wildman–Crippen LogP) is 1.55. The van der Waals surface area contributed by atoms with E-state index < -0.39 is 0 Å². The number of nitrogens with zero attached hydrogens (tertiary/aromatic N) is 3. The molecular weight excluding hydrogens is 228 g/mol. The van der Waals surface area contributed by atoms with E-state index in [1.165, 1.54) is 0 Å². The number of hydrogen-bond acceptors (Lipinski definition) is 3. The summed E-state index contributed by atoms with van der Waals surface area (Å²) in [5.74, 6) is -0.201. The van der Waals surface area contributed by atoms with E-state index in [-0.39, 0.29) is 17.3 Å². The van der Waals surface area contributed by atoms with Crippen LogP contribution in [-0.4, -0.2) is 27.8 Å². The first kappa shape index (κ1) is 11.9. The summed E-state index contributed by atoms with van der Waals surface area (Å²) < 4.78 is 0. The van der Waals surface area contributed by atoms with Crippen LogP contribution in [0.25, 0.3) is 0 Å². The number of nitrogens with one attached hydrogen (secondary N) is 1. The Morgan fingerprint density at radius 3 is 3.00 bits per heavy atom. The fourth-order valence-corrected chi connectivity index (χ4v) is 1.61. The molecule has 0 aliphatic heterocycles. The van der Waals surface area contributed by atoms with Crippen LogP contribution in [0, 0.1) is 11.3 Å². The van der Waals surface area contributed by atoms with Crippen molar-refractivity contribution in [3.05, 3.63) is 53.6 Å². The summed E-state index contributed by atoms with van der Waals surface area (Å²) in [5, 5.41) is 8.75. The summed E-state index contributed by atoms with van der Waals surface area (Å²) in [7, 11) is 1.70. The zero-order valence-electron chi connectivity index (χ0n) is 9.92. The molecule has 0 aromatic carbocycles. The lowest BCUT2D eigenvalue weighted by atomic mass is 10.2. The Balaban J connectivity index is 2.13. The third-order valence-corrected chi connectivity index (χ3v) is 2.51. The monoisotopic (exact) mass is 240 g/mol. The Bertz CT molecular complexity index is 583. The second kappa shape index (κ2) is 5.15. The van der Waals surface area contributed by atoms with E-state index in [4.69, 9.17) is 5.26 Å². The summed E-state index contributed by atoms with van der Waals surface area (Å²) in [4.78, 5) is 20.6. The van der Waals surface area contributed by atoms with Crippen molar-refractivity contribution in [1.29, 1.82) is 5.26 Å². The molecule has 5 nitrogen and oxygen atoms in total. The average Bonchev–Trinajstić information content (AvgIpc) is 2.90. The third kappa shape index (κ3) is 2.55. The van der Waals surface area contributed by atoms with Crippen molar-refractivity contribution in [2.75, 3.05) is 7.05 Å². The van der Waals surface area contributed by atoms with E-state index in [0.717, 1.165) is 5.56 Å².